The van der Waals surface area contributed by atoms with E-state index in [1.165, 1.54) is 32.5 Å². The molecule has 1 aromatic rings. The summed E-state index contributed by atoms with van der Waals surface area (Å²) in [5, 5.41) is 3.02. The first-order valence-corrected chi connectivity index (χ1v) is 9.49. The van der Waals surface area contributed by atoms with E-state index in [9.17, 15) is 16.8 Å². The molecule has 0 spiro atoms. The summed E-state index contributed by atoms with van der Waals surface area (Å²) < 4.78 is 47.2. The van der Waals surface area contributed by atoms with Crippen molar-refractivity contribution in [3.8, 4) is 0 Å². The molecule has 0 bridgehead atoms. The van der Waals surface area contributed by atoms with E-state index in [4.69, 9.17) is 0 Å². The van der Waals surface area contributed by atoms with E-state index in [2.05, 4.69) is 5.32 Å². The van der Waals surface area contributed by atoms with Gasteiger partial charge in [-0.2, -0.15) is 0 Å². The van der Waals surface area contributed by atoms with Crippen LogP contribution < -0.4 is 5.32 Å². The third-order valence-corrected chi connectivity index (χ3v) is 5.53. The van der Waals surface area contributed by atoms with Gasteiger partial charge in [-0.3, -0.25) is 0 Å². The fraction of sp³-hybridized carbons (Fsp3) is 0.500. The molecule has 0 aliphatic heterocycles. The molecule has 1 unspecified atom stereocenters. The van der Waals surface area contributed by atoms with Crippen LogP contribution in [0.15, 0.2) is 29.2 Å². The molecule has 0 radical (unpaired) electrons. The van der Waals surface area contributed by atoms with E-state index in [1.807, 2.05) is 0 Å². The predicted octanol–water partition coefficient (Wildman–Crippen LogP) is 0.782. The van der Waals surface area contributed by atoms with E-state index in [0.29, 0.717) is 5.69 Å². The standard InChI is InChI=1S/C12H20N2O4S2/c1-10(9-19(4,15)16)13-11-5-7-12(8-6-11)20(17,18)14(2)3/h5-8,10,13H,9H2,1-4H3. The molecule has 0 heterocycles. The summed E-state index contributed by atoms with van der Waals surface area (Å²) in [7, 11) is -3.56. The van der Waals surface area contributed by atoms with Crippen LogP contribution in [0, 0.1) is 0 Å². The van der Waals surface area contributed by atoms with E-state index >= 15 is 0 Å². The SMILES string of the molecule is CC(CS(C)(=O)=O)Nc1ccc(S(=O)(=O)N(C)C)cc1. The Balaban J connectivity index is 2.83. The highest BCUT2D eigenvalue weighted by Gasteiger charge is 2.17. The molecule has 0 aliphatic rings. The van der Waals surface area contributed by atoms with E-state index < -0.39 is 19.9 Å². The van der Waals surface area contributed by atoms with Gasteiger partial charge in [-0.25, -0.2) is 21.1 Å². The van der Waals surface area contributed by atoms with Crippen molar-refractivity contribution in [3.05, 3.63) is 24.3 Å². The molecule has 0 saturated carbocycles. The Labute approximate surface area is 120 Å². The Kier molecular flexibility index (Phi) is 5.17. The number of sulfone groups is 1. The molecule has 20 heavy (non-hydrogen) atoms. The molecule has 0 aromatic heterocycles. The number of hydrogen-bond donors (Lipinski definition) is 1. The molecular formula is C12H20N2O4S2. The van der Waals surface area contributed by atoms with Crippen LogP contribution in [0.5, 0.6) is 0 Å². The average molecular weight is 320 g/mol. The molecule has 8 heteroatoms. The third kappa shape index (κ3) is 4.77. The zero-order chi connectivity index (χ0) is 15.6. The molecule has 1 rings (SSSR count). The fourth-order valence-electron chi connectivity index (χ4n) is 1.71. The van der Waals surface area contributed by atoms with Gasteiger partial charge in [0.05, 0.1) is 10.6 Å². The molecule has 114 valence electrons. The van der Waals surface area contributed by atoms with E-state index in [-0.39, 0.29) is 16.7 Å². The normalized spacial score (nSPS) is 14.2. The van der Waals surface area contributed by atoms with Crippen LogP contribution in [-0.2, 0) is 19.9 Å². The van der Waals surface area contributed by atoms with Gasteiger partial charge in [0.25, 0.3) is 0 Å². The minimum Gasteiger partial charge on any atom is -0.382 e. The van der Waals surface area contributed by atoms with Gasteiger partial charge in [-0.15, -0.1) is 0 Å². The Morgan fingerprint density at radius 1 is 1.10 bits per heavy atom. The molecule has 0 aliphatic carbocycles. The Bertz CT molecular complexity index is 649. The largest absolute Gasteiger partial charge is 0.382 e. The lowest BCUT2D eigenvalue weighted by atomic mass is 10.3. The summed E-state index contributed by atoms with van der Waals surface area (Å²) in [6.07, 6.45) is 1.18. The maximum atomic E-state index is 11.9. The second kappa shape index (κ2) is 6.11. The van der Waals surface area contributed by atoms with Crippen molar-refractivity contribution < 1.29 is 16.8 Å². The number of benzene rings is 1. The number of hydrogen-bond acceptors (Lipinski definition) is 5. The first kappa shape index (κ1) is 16.9. The van der Waals surface area contributed by atoms with Crippen molar-refractivity contribution in [1.29, 1.82) is 0 Å². The van der Waals surface area contributed by atoms with Crippen LogP contribution in [0.25, 0.3) is 0 Å². The topological polar surface area (TPSA) is 83.5 Å². The monoisotopic (exact) mass is 320 g/mol. The summed E-state index contributed by atoms with van der Waals surface area (Å²) in [5.41, 5.74) is 0.679. The number of rotatable bonds is 6. The minimum absolute atomic E-state index is 0.0186. The van der Waals surface area contributed by atoms with Crippen LogP contribution in [0.3, 0.4) is 0 Å². The highest BCUT2D eigenvalue weighted by atomic mass is 32.2. The first-order chi connectivity index (χ1) is 9.02. The van der Waals surface area contributed by atoms with Crippen molar-refractivity contribution in [2.45, 2.75) is 17.9 Å². The van der Waals surface area contributed by atoms with Gasteiger partial charge in [-0.1, -0.05) is 0 Å². The highest BCUT2D eigenvalue weighted by molar-refractivity contribution is 7.90. The quantitative estimate of drug-likeness (QED) is 0.837. The van der Waals surface area contributed by atoms with Gasteiger partial charge < -0.3 is 5.32 Å². The van der Waals surface area contributed by atoms with Crippen LogP contribution in [0.2, 0.25) is 0 Å². The molecule has 1 aromatic carbocycles. The van der Waals surface area contributed by atoms with Gasteiger partial charge in [0.2, 0.25) is 10.0 Å². The van der Waals surface area contributed by atoms with E-state index in [1.54, 1.807) is 19.1 Å². The summed E-state index contributed by atoms with van der Waals surface area (Å²) in [4.78, 5) is 0.198. The van der Waals surface area contributed by atoms with Gasteiger partial charge in [0.15, 0.2) is 0 Å². The van der Waals surface area contributed by atoms with Crippen LogP contribution >= 0.6 is 0 Å². The molecule has 0 fully saturated rings. The van der Waals surface area contributed by atoms with Crippen molar-refractivity contribution in [1.82, 2.24) is 4.31 Å². The van der Waals surface area contributed by atoms with Crippen LogP contribution in [0.4, 0.5) is 5.69 Å². The number of anilines is 1. The predicted molar refractivity (Wildman–Crippen MR) is 80.1 cm³/mol. The summed E-state index contributed by atoms with van der Waals surface area (Å²) in [6, 6.07) is 5.97. The third-order valence-electron chi connectivity index (χ3n) is 2.60. The smallest absolute Gasteiger partial charge is 0.242 e. The Morgan fingerprint density at radius 3 is 2.00 bits per heavy atom. The van der Waals surface area contributed by atoms with Gasteiger partial charge in [-0.05, 0) is 31.2 Å². The second-order valence-electron chi connectivity index (χ2n) is 4.95. The fourth-order valence-corrected chi connectivity index (χ4v) is 3.61. The number of sulfonamides is 1. The van der Waals surface area contributed by atoms with E-state index in [0.717, 1.165) is 4.31 Å². The molecule has 1 N–H and O–H groups in total. The summed E-state index contributed by atoms with van der Waals surface area (Å²) >= 11 is 0. The maximum absolute atomic E-state index is 11.9. The maximum Gasteiger partial charge on any atom is 0.242 e. The lowest BCUT2D eigenvalue weighted by Gasteiger charge is -2.15. The van der Waals surface area contributed by atoms with Crippen LogP contribution in [0.1, 0.15) is 6.92 Å². The average Bonchev–Trinajstić information content (AvgIpc) is 2.26. The van der Waals surface area contributed by atoms with Crippen molar-refractivity contribution >= 4 is 25.5 Å². The lowest BCUT2D eigenvalue weighted by Crippen LogP contribution is -2.25. The molecule has 0 amide bonds. The lowest BCUT2D eigenvalue weighted by molar-refractivity contribution is 0.521. The number of nitrogens with zero attached hydrogens (tertiary/aromatic N) is 1. The zero-order valence-electron chi connectivity index (χ0n) is 12.0. The summed E-state index contributed by atoms with van der Waals surface area (Å²) in [6.45, 7) is 1.76. The Morgan fingerprint density at radius 2 is 1.60 bits per heavy atom. The second-order valence-corrected chi connectivity index (χ2v) is 9.29. The molecule has 0 saturated heterocycles. The highest BCUT2D eigenvalue weighted by Crippen LogP contribution is 2.17. The van der Waals surface area contributed by atoms with Crippen LogP contribution in [-0.4, -0.2) is 53.3 Å². The van der Waals surface area contributed by atoms with Crippen molar-refractivity contribution in [2.24, 2.45) is 0 Å². The minimum atomic E-state index is -3.44. The first-order valence-electron chi connectivity index (χ1n) is 5.99. The molecule has 1 atom stereocenters. The van der Waals surface area contributed by atoms with Crippen molar-refractivity contribution in [3.63, 3.8) is 0 Å². The van der Waals surface area contributed by atoms with Gasteiger partial charge in [0, 0.05) is 32.1 Å². The Hall–Kier alpha value is -1.12. The van der Waals surface area contributed by atoms with Crippen molar-refractivity contribution in [2.75, 3.05) is 31.4 Å². The summed E-state index contributed by atoms with van der Waals surface area (Å²) in [5.74, 6) is 0.0186. The van der Waals surface area contributed by atoms with Gasteiger partial charge >= 0.3 is 0 Å². The van der Waals surface area contributed by atoms with Gasteiger partial charge in [0.1, 0.15) is 9.84 Å². The number of nitrogens with one attached hydrogen (secondary N) is 1. The molecular weight excluding hydrogens is 300 g/mol. The molecule has 6 nitrogen and oxygen atoms in total. The zero-order valence-corrected chi connectivity index (χ0v) is 13.6.